The van der Waals surface area contributed by atoms with Gasteiger partial charge in [0.2, 0.25) is 0 Å². The van der Waals surface area contributed by atoms with E-state index in [-0.39, 0.29) is 11.9 Å². The lowest BCUT2D eigenvalue weighted by Crippen LogP contribution is -2.31. The number of halogens is 1. The molecule has 4 nitrogen and oxygen atoms in total. The van der Waals surface area contributed by atoms with Crippen LogP contribution in [0, 0.1) is 5.82 Å². The SMILES string of the molecule is NC1CCn2c(Cc3ccc(F)cc3)nnc2C1. The fraction of sp³-hybridized carbons (Fsp3) is 0.385. The molecule has 1 aromatic carbocycles. The summed E-state index contributed by atoms with van der Waals surface area (Å²) >= 11 is 0. The van der Waals surface area contributed by atoms with E-state index in [0.717, 1.165) is 36.6 Å². The molecule has 1 aliphatic rings. The molecule has 3 rings (SSSR count). The van der Waals surface area contributed by atoms with E-state index < -0.39 is 0 Å². The molecule has 0 fully saturated rings. The van der Waals surface area contributed by atoms with Gasteiger partial charge in [-0.25, -0.2) is 4.39 Å². The molecular weight excluding hydrogens is 231 g/mol. The molecule has 0 spiro atoms. The second-order valence-corrected chi connectivity index (χ2v) is 4.74. The molecule has 1 unspecified atom stereocenters. The van der Waals surface area contributed by atoms with Gasteiger partial charge in [0.05, 0.1) is 0 Å². The predicted octanol–water partition coefficient (Wildman–Crippen LogP) is 1.28. The smallest absolute Gasteiger partial charge is 0.137 e. The first-order valence-electron chi connectivity index (χ1n) is 6.13. The normalized spacial score (nSPS) is 18.7. The zero-order valence-corrected chi connectivity index (χ0v) is 10.0. The molecule has 1 atom stereocenters. The lowest BCUT2D eigenvalue weighted by Gasteiger charge is -2.20. The minimum atomic E-state index is -0.215. The van der Waals surface area contributed by atoms with Gasteiger partial charge in [-0.2, -0.15) is 0 Å². The molecule has 0 amide bonds. The highest BCUT2D eigenvalue weighted by molar-refractivity contribution is 5.20. The van der Waals surface area contributed by atoms with Crippen LogP contribution in [-0.2, 0) is 19.4 Å². The highest BCUT2D eigenvalue weighted by Gasteiger charge is 2.20. The molecule has 0 saturated carbocycles. The first-order valence-corrected chi connectivity index (χ1v) is 6.13. The van der Waals surface area contributed by atoms with Gasteiger partial charge in [0.1, 0.15) is 17.5 Å². The average molecular weight is 246 g/mol. The van der Waals surface area contributed by atoms with Gasteiger partial charge in [0, 0.05) is 25.4 Å². The largest absolute Gasteiger partial charge is 0.327 e. The van der Waals surface area contributed by atoms with Gasteiger partial charge in [0.25, 0.3) is 0 Å². The van der Waals surface area contributed by atoms with Crippen LogP contribution >= 0.6 is 0 Å². The van der Waals surface area contributed by atoms with Crippen molar-refractivity contribution < 1.29 is 4.39 Å². The first-order chi connectivity index (χ1) is 8.72. The van der Waals surface area contributed by atoms with Crippen LogP contribution in [0.3, 0.4) is 0 Å². The fourth-order valence-electron chi connectivity index (χ4n) is 2.33. The second kappa shape index (κ2) is 4.49. The number of rotatable bonds is 2. The Hall–Kier alpha value is -1.75. The molecule has 0 saturated heterocycles. The average Bonchev–Trinajstić information content (AvgIpc) is 2.74. The molecule has 18 heavy (non-hydrogen) atoms. The number of benzene rings is 1. The Kier molecular flexibility index (Phi) is 2.83. The summed E-state index contributed by atoms with van der Waals surface area (Å²) < 4.78 is 15.0. The second-order valence-electron chi connectivity index (χ2n) is 4.74. The van der Waals surface area contributed by atoms with Crippen LogP contribution in [-0.4, -0.2) is 20.8 Å². The molecule has 5 heteroatoms. The van der Waals surface area contributed by atoms with Crippen molar-refractivity contribution in [2.45, 2.75) is 31.8 Å². The summed E-state index contributed by atoms with van der Waals surface area (Å²) in [6.45, 7) is 0.875. The third-order valence-corrected chi connectivity index (χ3v) is 3.35. The van der Waals surface area contributed by atoms with Crippen molar-refractivity contribution in [1.82, 2.24) is 14.8 Å². The molecule has 0 bridgehead atoms. The number of fused-ring (bicyclic) bond motifs is 1. The van der Waals surface area contributed by atoms with Gasteiger partial charge in [-0.1, -0.05) is 12.1 Å². The van der Waals surface area contributed by atoms with E-state index in [1.54, 1.807) is 12.1 Å². The van der Waals surface area contributed by atoms with E-state index in [1.807, 2.05) is 0 Å². The van der Waals surface area contributed by atoms with Crippen molar-refractivity contribution in [3.8, 4) is 0 Å². The summed E-state index contributed by atoms with van der Waals surface area (Å²) in [5.41, 5.74) is 6.95. The summed E-state index contributed by atoms with van der Waals surface area (Å²) in [4.78, 5) is 0. The molecule has 2 aromatic rings. The fourth-order valence-corrected chi connectivity index (χ4v) is 2.33. The van der Waals surface area contributed by atoms with Gasteiger partial charge >= 0.3 is 0 Å². The highest BCUT2D eigenvalue weighted by Crippen LogP contribution is 2.16. The third-order valence-electron chi connectivity index (χ3n) is 3.35. The Morgan fingerprint density at radius 1 is 1.28 bits per heavy atom. The molecule has 1 aliphatic heterocycles. The van der Waals surface area contributed by atoms with E-state index in [0.29, 0.717) is 6.42 Å². The van der Waals surface area contributed by atoms with Crippen molar-refractivity contribution in [1.29, 1.82) is 0 Å². The standard InChI is InChI=1S/C13H15FN4/c14-10-3-1-9(2-4-10)7-12-16-17-13-8-11(15)5-6-18(12)13/h1-4,11H,5-8,15H2. The number of aromatic nitrogens is 3. The highest BCUT2D eigenvalue weighted by atomic mass is 19.1. The Labute approximate surface area is 105 Å². The zero-order chi connectivity index (χ0) is 12.5. The van der Waals surface area contributed by atoms with Crippen LogP contribution in [0.25, 0.3) is 0 Å². The van der Waals surface area contributed by atoms with Crippen LogP contribution in [0.5, 0.6) is 0 Å². The first kappa shape index (κ1) is 11.3. The van der Waals surface area contributed by atoms with Crippen LogP contribution in [0.2, 0.25) is 0 Å². The van der Waals surface area contributed by atoms with Crippen LogP contribution in [0.4, 0.5) is 4.39 Å². The number of hydrogen-bond donors (Lipinski definition) is 1. The summed E-state index contributed by atoms with van der Waals surface area (Å²) in [7, 11) is 0. The molecule has 1 aromatic heterocycles. The maximum absolute atomic E-state index is 12.8. The van der Waals surface area contributed by atoms with Crippen molar-refractivity contribution in [2.24, 2.45) is 5.73 Å². The van der Waals surface area contributed by atoms with Crippen molar-refractivity contribution in [3.05, 3.63) is 47.3 Å². The molecule has 2 heterocycles. The van der Waals surface area contributed by atoms with Gasteiger partial charge in [-0.15, -0.1) is 10.2 Å². The van der Waals surface area contributed by atoms with Crippen LogP contribution in [0.1, 0.15) is 23.6 Å². The van der Waals surface area contributed by atoms with Gasteiger partial charge in [-0.3, -0.25) is 0 Å². The summed E-state index contributed by atoms with van der Waals surface area (Å²) in [6.07, 6.45) is 2.43. The van der Waals surface area contributed by atoms with Gasteiger partial charge < -0.3 is 10.3 Å². The molecule has 94 valence electrons. The quantitative estimate of drug-likeness (QED) is 0.868. The molecule has 0 radical (unpaired) electrons. The minimum absolute atomic E-state index is 0.195. The van der Waals surface area contributed by atoms with E-state index in [2.05, 4.69) is 14.8 Å². The van der Waals surface area contributed by atoms with Crippen molar-refractivity contribution in [2.75, 3.05) is 0 Å². The zero-order valence-electron chi connectivity index (χ0n) is 10.0. The Morgan fingerprint density at radius 3 is 2.83 bits per heavy atom. The molecular formula is C13H15FN4. The maximum Gasteiger partial charge on any atom is 0.137 e. The van der Waals surface area contributed by atoms with Crippen molar-refractivity contribution in [3.63, 3.8) is 0 Å². The lowest BCUT2D eigenvalue weighted by molar-refractivity contribution is 0.455. The van der Waals surface area contributed by atoms with Gasteiger partial charge in [-0.05, 0) is 24.1 Å². The van der Waals surface area contributed by atoms with E-state index in [9.17, 15) is 4.39 Å². The summed E-state index contributed by atoms with van der Waals surface area (Å²) in [5, 5.41) is 8.39. The molecule has 2 N–H and O–H groups in total. The molecule has 0 aliphatic carbocycles. The topological polar surface area (TPSA) is 56.7 Å². The Bertz CT molecular complexity index is 547. The minimum Gasteiger partial charge on any atom is -0.327 e. The summed E-state index contributed by atoms with van der Waals surface area (Å²) in [6, 6.07) is 6.70. The Morgan fingerprint density at radius 2 is 2.06 bits per heavy atom. The number of hydrogen-bond acceptors (Lipinski definition) is 3. The van der Waals surface area contributed by atoms with Crippen LogP contribution < -0.4 is 5.73 Å². The van der Waals surface area contributed by atoms with Gasteiger partial charge in [0.15, 0.2) is 0 Å². The predicted molar refractivity (Wildman–Crippen MR) is 65.5 cm³/mol. The lowest BCUT2D eigenvalue weighted by atomic mass is 10.1. The number of nitrogens with two attached hydrogens (primary N) is 1. The maximum atomic E-state index is 12.8. The summed E-state index contributed by atoms with van der Waals surface area (Å²) in [5.74, 6) is 1.68. The van der Waals surface area contributed by atoms with Crippen molar-refractivity contribution >= 4 is 0 Å². The number of nitrogens with zero attached hydrogens (tertiary/aromatic N) is 3. The Balaban J connectivity index is 1.83. The monoisotopic (exact) mass is 246 g/mol. The van der Waals surface area contributed by atoms with E-state index in [1.165, 1.54) is 12.1 Å². The van der Waals surface area contributed by atoms with Crippen LogP contribution in [0.15, 0.2) is 24.3 Å². The van der Waals surface area contributed by atoms with E-state index in [4.69, 9.17) is 5.73 Å². The third kappa shape index (κ3) is 2.13. The van der Waals surface area contributed by atoms with E-state index >= 15 is 0 Å².